The van der Waals surface area contributed by atoms with Gasteiger partial charge < -0.3 is 0 Å². The second-order valence-electron chi connectivity index (χ2n) is 6.38. The van der Waals surface area contributed by atoms with Gasteiger partial charge in [0.25, 0.3) is 0 Å². The first-order valence-electron chi connectivity index (χ1n) is 8.87. The zero-order chi connectivity index (χ0) is 21.3. The van der Waals surface area contributed by atoms with Crippen LogP contribution in [0.4, 0.5) is 5.95 Å². The number of hydrogen-bond acceptors (Lipinski definition) is 3. The normalized spacial score (nSPS) is 11.3. The molecule has 4 rings (SSSR count). The van der Waals surface area contributed by atoms with E-state index in [4.69, 9.17) is 28.9 Å². The van der Waals surface area contributed by atoms with E-state index in [2.05, 4.69) is 53.1 Å². The Bertz CT molecular complexity index is 1140. The van der Waals surface area contributed by atoms with Crippen LogP contribution in [0.15, 0.2) is 79.4 Å². The number of halogens is 4. The van der Waals surface area contributed by atoms with Crippen LogP contribution in [0.2, 0.25) is 10.0 Å². The molecule has 0 aliphatic heterocycles. The number of nitrogens with zero attached hydrogens (tertiary/aromatic N) is 2. The van der Waals surface area contributed by atoms with Crippen LogP contribution in [0.5, 0.6) is 0 Å². The van der Waals surface area contributed by atoms with Crippen LogP contribution in [-0.4, -0.2) is 4.57 Å². The summed E-state index contributed by atoms with van der Waals surface area (Å²) in [6.07, 6.45) is 0. The molecule has 0 unspecified atom stereocenters. The quantitative estimate of drug-likeness (QED) is 0.180. The Labute approximate surface area is 210 Å². The minimum atomic E-state index is 0.513. The van der Waals surface area contributed by atoms with Gasteiger partial charge >= 0.3 is 5.95 Å². The van der Waals surface area contributed by atoms with Gasteiger partial charge in [0.05, 0.1) is 10.0 Å². The van der Waals surface area contributed by atoms with Crippen molar-refractivity contribution in [1.29, 1.82) is 0 Å². The van der Waals surface area contributed by atoms with Crippen molar-refractivity contribution in [3.8, 4) is 0 Å². The fourth-order valence-corrected chi connectivity index (χ4v) is 6.43. The van der Waals surface area contributed by atoms with Crippen molar-refractivity contribution in [1.82, 2.24) is 4.57 Å². The van der Waals surface area contributed by atoms with Crippen molar-refractivity contribution in [3.63, 3.8) is 0 Å². The third-order valence-corrected chi connectivity index (χ3v) is 9.26. The Hall–Kier alpha value is -0.830. The van der Waals surface area contributed by atoms with Gasteiger partial charge in [-0.2, -0.15) is 0 Å². The van der Waals surface area contributed by atoms with Gasteiger partial charge in [-0.25, -0.2) is 9.13 Å². The van der Waals surface area contributed by atoms with Crippen LogP contribution in [0.25, 0.3) is 11.0 Å². The molecule has 2 N–H and O–H groups in total. The SMILES string of the molecule is Nc1n(CSc2ccccc2Br)c2cc(Cl)c(Cl)cc2[n+]1CSc1ccccc1Br. The van der Waals surface area contributed by atoms with Crippen molar-refractivity contribution in [2.75, 3.05) is 5.73 Å². The highest BCUT2D eigenvalue weighted by atomic mass is 79.9. The second kappa shape index (κ2) is 9.76. The summed E-state index contributed by atoms with van der Waals surface area (Å²) in [6, 6.07) is 20.0. The molecule has 30 heavy (non-hydrogen) atoms. The Balaban J connectivity index is 1.71. The highest BCUT2D eigenvalue weighted by Gasteiger charge is 2.23. The summed E-state index contributed by atoms with van der Waals surface area (Å²) in [6.45, 7) is 0. The summed E-state index contributed by atoms with van der Waals surface area (Å²) in [7, 11) is 0. The van der Waals surface area contributed by atoms with E-state index >= 15 is 0 Å². The lowest BCUT2D eigenvalue weighted by Crippen LogP contribution is -2.35. The van der Waals surface area contributed by atoms with E-state index < -0.39 is 0 Å². The predicted molar refractivity (Wildman–Crippen MR) is 137 cm³/mol. The van der Waals surface area contributed by atoms with Gasteiger partial charge in [-0.15, -0.1) is 0 Å². The number of anilines is 1. The minimum Gasteiger partial charge on any atom is -0.290 e. The molecule has 3 aromatic carbocycles. The molecule has 4 aromatic rings. The fraction of sp³-hybridized carbons (Fsp3) is 0.0952. The van der Waals surface area contributed by atoms with Crippen LogP contribution in [-0.2, 0) is 11.8 Å². The van der Waals surface area contributed by atoms with Crippen LogP contribution in [0.3, 0.4) is 0 Å². The Morgan fingerprint density at radius 3 is 2.07 bits per heavy atom. The Morgan fingerprint density at radius 2 is 1.43 bits per heavy atom. The monoisotopic (exact) mass is 602 g/mol. The zero-order valence-corrected chi connectivity index (χ0v) is 21.8. The fourth-order valence-electron chi connectivity index (χ4n) is 3.01. The number of aromatic nitrogens is 2. The van der Waals surface area contributed by atoms with Crippen LogP contribution >= 0.6 is 78.6 Å². The summed E-state index contributed by atoms with van der Waals surface area (Å²) in [5.74, 6) is 1.95. The number of thioether (sulfide) groups is 2. The average Bonchev–Trinajstić information content (AvgIpc) is 2.97. The molecular formula is C21H16Br2Cl2N3S2+. The maximum Gasteiger partial charge on any atom is 0.357 e. The summed E-state index contributed by atoms with van der Waals surface area (Å²) in [5, 5.41) is 1.03. The summed E-state index contributed by atoms with van der Waals surface area (Å²) in [5.41, 5.74) is 8.52. The van der Waals surface area contributed by atoms with Crippen LogP contribution < -0.4 is 10.3 Å². The van der Waals surface area contributed by atoms with Gasteiger partial charge in [0, 0.05) is 30.9 Å². The Kier molecular flexibility index (Phi) is 7.27. The van der Waals surface area contributed by atoms with E-state index in [0.717, 1.165) is 29.8 Å². The molecule has 1 aromatic heterocycles. The maximum absolute atomic E-state index is 6.61. The molecule has 1 heterocycles. The molecule has 0 saturated heterocycles. The first-order valence-corrected chi connectivity index (χ1v) is 13.2. The van der Waals surface area contributed by atoms with Gasteiger partial charge in [-0.1, -0.05) is 71.0 Å². The number of imidazole rings is 1. The molecule has 3 nitrogen and oxygen atoms in total. The number of fused-ring (bicyclic) bond motifs is 1. The van der Waals surface area contributed by atoms with Crippen molar-refractivity contribution < 1.29 is 4.57 Å². The highest BCUT2D eigenvalue weighted by molar-refractivity contribution is 9.10. The van der Waals surface area contributed by atoms with E-state index in [-0.39, 0.29) is 0 Å². The van der Waals surface area contributed by atoms with Gasteiger partial charge in [0.15, 0.2) is 0 Å². The van der Waals surface area contributed by atoms with E-state index in [9.17, 15) is 0 Å². The van der Waals surface area contributed by atoms with E-state index in [0.29, 0.717) is 27.7 Å². The van der Waals surface area contributed by atoms with Crippen molar-refractivity contribution >= 4 is 95.6 Å². The van der Waals surface area contributed by atoms with E-state index in [1.807, 2.05) is 48.5 Å². The molecule has 9 heteroatoms. The van der Waals surface area contributed by atoms with Gasteiger partial charge in [0.2, 0.25) is 0 Å². The average molecular weight is 605 g/mol. The molecule has 0 atom stereocenters. The standard InChI is InChI=1S/C21H15Br2Cl2N3S2/c22-13-5-1-3-7-19(13)29-11-27-17-9-15(24)16(25)10-18(17)28(21(27)26)12-30-20-8-4-2-6-14(20)23/h1-10,26H,11-12H2/p+1. The molecule has 0 aliphatic rings. The molecule has 0 saturated carbocycles. The molecule has 154 valence electrons. The van der Waals surface area contributed by atoms with Gasteiger partial charge in [-0.3, -0.25) is 5.73 Å². The first-order chi connectivity index (χ1) is 14.5. The largest absolute Gasteiger partial charge is 0.357 e. The van der Waals surface area contributed by atoms with Crippen molar-refractivity contribution in [2.45, 2.75) is 21.5 Å². The molecule has 0 amide bonds. The van der Waals surface area contributed by atoms with E-state index in [1.54, 1.807) is 23.5 Å². The maximum atomic E-state index is 6.61. The lowest BCUT2D eigenvalue weighted by atomic mass is 10.3. The lowest BCUT2D eigenvalue weighted by molar-refractivity contribution is -0.635. The Morgan fingerprint density at radius 1 is 0.867 bits per heavy atom. The van der Waals surface area contributed by atoms with Crippen LogP contribution in [0, 0.1) is 0 Å². The highest BCUT2D eigenvalue weighted by Crippen LogP contribution is 2.34. The molecular weight excluding hydrogens is 589 g/mol. The van der Waals surface area contributed by atoms with E-state index in [1.165, 1.54) is 0 Å². The second-order valence-corrected chi connectivity index (χ2v) is 10.9. The number of rotatable bonds is 6. The molecule has 0 aliphatic carbocycles. The molecule has 0 radical (unpaired) electrons. The van der Waals surface area contributed by atoms with Crippen molar-refractivity contribution in [3.05, 3.63) is 79.7 Å². The predicted octanol–water partition coefficient (Wildman–Crippen LogP) is 7.84. The topological polar surface area (TPSA) is 34.8 Å². The third-order valence-electron chi connectivity index (χ3n) is 4.52. The molecule has 0 bridgehead atoms. The minimum absolute atomic E-state index is 0.513. The lowest BCUT2D eigenvalue weighted by Gasteiger charge is -2.05. The molecule has 0 spiro atoms. The number of benzene rings is 3. The first kappa shape index (κ1) is 22.4. The smallest absolute Gasteiger partial charge is 0.290 e. The van der Waals surface area contributed by atoms with Crippen molar-refractivity contribution in [2.24, 2.45) is 0 Å². The van der Waals surface area contributed by atoms with Gasteiger partial charge in [0.1, 0.15) is 22.8 Å². The number of hydrogen-bond donors (Lipinski definition) is 1. The number of nitrogen functional groups attached to an aromatic ring is 1. The number of nitrogens with two attached hydrogens (primary N) is 1. The summed E-state index contributed by atoms with van der Waals surface area (Å²) in [4.78, 5) is 2.29. The van der Waals surface area contributed by atoms with Gasteiger partial charge in [-0.05, 0) is 56.1 Å². The third kappa shape index (κ3) is 4.66. The molecule has 0 fully saturated rings. The summed E-state index contributed by atoms with van der Waals surface area (Å²) >= 11 is 23.3. The van der Waals surface area contributed by atoms with Crippen LogP contribution in [0.1, 0.15) is 0 Å². The zero-order valence-electron chi connectivity index (χ0n) is 15.5. The summed E-state index contributed by atoms with van der Waals surface area (Å²) < 4.78 is 6.26.